The van der Waals surface area contributed by atoms with Gasteiger partial charge in [-0.3, -0.25) is 0 Å². The first-order valence-electron chi connectivity index (χ1n) is 6.82. The third kappa shape index (κ3) is 12.0. The number of hydrogen-bond acceptors (Lipinski definition) is 2. The van der Waals surface area contributed by atoms with Gasteiger partial charge in [0.2, 0.25) is 0 Å². The second-order valence-electron chi connectivity index (χ2n) is 5.73. The van der Waals surface area contributed by atoms with Crippen LogP contribution >= 0.6 is 0 Å². The molecule has 0 bridgehead atoms. The number of rotatable bonds is 9. The van der Waals surface area contributed by atoms with Gasteiger partial charge in [0.1, 0.15) is 0 Å². The van der Waals surface area contributed by atoms with Crippen LogP contribution in [0.3, 0.4) is 0 Å². The van der Waals surface area contributed by atoms with Crippen LogP contribution in [0.1, 0.15) is 66.7 Å². The van der Waals surface area contributed by atoms with Crippen LogP contribution in [0.5, 0.6) is 0 Å². The van der Waals surface area contributed by atoms with E-state index in [2.05, 4.69) is 39.9 Å². The maximum atomic E-state index is 5.76. The average molecular weight is 229 g/mol. The van der Waals surface area contributed by atoms with Gasteiger partial charge in [-0.15, -0.1) is 0 Å². The molecule has 1 atom stereocenters. The van der Waals surface area contributed by atoms with Crippen LogP contribution in [0.4, 0.5) is 0 Å². The van der Waals surface area contributed by atoms with Gasteiger partial charge in [0.25, 0.3) is 0 Å². The Bertz CT molecular complexity index is 151. The predicted octanol–water partition coefficient (Wildman–Crippen LogP) is 3.75. The molecule has 0 aromatic rings. The Morgan fingerprint density at radius 3 is 2.25 bits per heavy atom. The molecule has 0 saturated carbocycles. The second kappa shape index (κ2) is 9.00. The molecule has 0 rings (SSSR count). The summed E-state index contributed by atoms with van der Waals surface area (Å²) in [6, 6.07) is 0. The highest BCUT2D eigenvalue weighted by Crippen LogP contribution is 2.04. The molecule has 2 nitrogen and oxygen atoms in total. The largest absolute Gasteiger partial charge is 0.377 e. The Morgan fingerprint density at radius 2 is 1.69 bits per heavy atom. The molecule has 1 unspecified atom stereocenters. The van der Waals surface area contributed by atoms with Crippen LogP contribution in [-0.2, 0) is 4.74 Å². The lowest BCUT2D eigenvalue weighted by atomic mass is 10.1. The maximum absolute atomic E-state index is 5.76. The maximum Gasteiger partial charge on any atom is 0.0671 e. The van der Waals surface area contributed by atoms with Gasteiger partial charge in [0.15, 0.2) is 0 Å². The SMILES string of the molecule is CCCCCCCOC(C)CNC(C)(C)C. The molecule has 1 N–H and O–H groups in total. The molecule has 16 heavy (non-hydrogen) atoms. The molecular formula is C14H31NO. The first-order chi connectivity index (χ1) is 7.45. The predicted molar refractivity (Wildman–Crippen MR) is 71.9 cm³/mol. The summed E-state index contributed by atoms with van der Waals surface area (Å²) in [7, 11) is 0. The lowest BCUT2D eigenvalue weighted by molar-refractivity contribution is 0.0588. The van der Waals surface area contributed by atoms with Crippen LogP contribution in [0.2, 0.25) is 0 Å². The lowest BCUT2D eigenvalue weighted by Crippen LogP contribution is -2.40. The summed E-state index contributed by atoms with van der Waals surface area (Å²) >= 11 is 0. The summed E-state index contributed by atoms with van der Waals surface area (Å²) in [4.78, 5) is 0. The van der Waals surface area contributed by atoms with E-state index in [1.54, 1.807) is 0 Å². The minimum Gasteiger partial charge on any atom is -0.377 e. The molecule has 0 aromatic heterocycles. The van der Waals surface area contributed by atoms with Gasteiger partial charge in [0, 0.05) is 18.7 Å². The van der Waals surface area contributed by atoms with E-state index in [0.717, 1.165) is 13.2 Å². The summed E-state index contributed by atoms with van der Waals surface area (Å²) in [6.07, 6.45) is 6.88. The third-order valence-electron chi connectivity index (χ3n) is 2.57. The molecule has 0 aliphatic carbocycles. The van der Waals surface area contributed by atoms with Crippen LogP contribution in [0.25, 0.3) is 0 Å². The highest BCUT2D eigenvalue weighted by atomic mass is 16.5. The number of nitrogens with one attached hydrogen (secondary N) is 1. The highest BCUT2D eigenvalue weighted by molar-refractivity contribution is 4.71. The number of unbranched alkanes of at least 4 members (excludes halogenated alkanes) is 4. The van der Waals surface area contributed by atoms with E-state index in [0.29, 0.717) is 6.10 Å². The fourth-order valence-corrected chi connectivity index (χ4v) is 1.50. The summed E-state index contributed by atoms with van der Waals surface area (Å²) in [5.41, 5.74) is 0.193. The minimum absolute atomic E-state index is 0.193. The Kier molecular flexibility index (Phi) is 8.96. The van der Waals surface area contributed by atoms with Crippen LogP contribution in [0, 0.1) is 0 Å². The molecular weight excluding hydrogens is 198 g/mol. The van der Waals surface area contributed by atoms with E-state index in [9.17, 15) is 0 Å². The zero-order valence-electron chi connectivity index (χ0n) is 11.9. The summed E-state index contributed by atoms with van der Waals surface area (Å²) in [5, 5.41) is 3.46. The Labute approximate surface area is 102 Å². The van der Waals surface area contributed by atoms with Gasteiger partial charge in [-0.05, 0) is 34.1 Å². The van der Waals surface area contributed by atoms with E-state index >= 15 is 0 Å². The molecule has 0 spiro atoms. The minimum atomic E-state index is 0.193. The molecule has 0 aliphatic heterocycles. The van der Waals surface area contributed by atoms with Crippen molar-refractivity contribution in [1.29, 1.82) is 0 Å². The topological polar surface area (TPSA) is 21.3 Å². The van der Waals surface area contributed by atoms with Crippen molar-refractivity contribution in [3.63, 3.8) is 0 Å². The molecule has 0 heterocycles. The van der Waals surface area contributed by atoms with Crippen LogP contribution < -0.4 is 5.32 Å². The van der Waals surface area contributed by atoms with Crippen molar-refractivity contribution in [3.05, 3.63) is 0 Å². The van der Waals surface area contributed by atoms with Gasteiger partial charge in [-0.1, -0.05) is 32.6 Å². The van der Waals surface area contributed by atoms with E-state index in [4.69, 9.17) is 4.74 Å². The molecule has 2 heteroatoms. The van der Waals surface area contributed by atoms with Crippen molar-refractivity contribution < 1.29 is 4.74 Å². The lowest BCUT2D eigenvalue weighted by Gasteiger charge is -2.23. The fourth-order valence-electron chi connectivity index (χ4n) is 1.50. The van der Waals surface area contributed by atoms with Crippen molar-refractivity contribution in [3.8, 4) is 0 Å². The Hall–Kier alpha value is -0.0800. The van der Waals surface area contributed by atoms with Crippen molar-refractivity contribution in [2.45, 2.75) is 78.4 Å². The van der Waals surface area contributed by atoms with Gasteiger partial charge in [-0.25, -0.2) is 0 Å². The van der Waals surface area contributed by atoms with Crippen LogP contribution in [0.15, 0.2) is 0 Å². The summed E-state index contributed by atoms with van der Waals surface area (Å²) < 4.78 is 5.76. The third-order valence-corrected chi connectivity index (χ3v) is 2.57. The van der Waals surface area contributed by atoms with Crippen molar-refractivity contribution in [1.82, 2.24) is 5.32 Å². The monoisotopic (exact) mass is 229 g/mol. The van der Waals surface area contributed by atoms with Crippen molar-refractivity contribution >= 4 is 0 Å². The first kappa shape index (κ1) is 15.9. The summed E-state index contributed by atoms with van der Waals surface area (Å²) in [6.45, 7) is 12.8. The zero-order valence-corrected chi connectivity index (χ0v) is 11.9. The Balaban J connectivity index is 3.27. The number of ether oxygens (including phenoxy) is 1. The molecule has 0 saturated heterocycles. The van der Waals surface area contributed by atoms with E-state index in [1.807, 2.05) is 0 Å². The Morgan fingerprint density at radius 1 is 1.06 bits per heavy atom. The van der Waals surface area contributed by atoms with Crippen molar-refractivity contribution in [2.24, 2.45) is 0 Å². The smallest absolute Gasteiger partial charge is 0.0671 e. The van der Waals surface area contributed by atoms with Gasteiger partial charge >= 0.3 is 0 Å². The second-order valence-corrected chi connectivity index (χ2v) is 5.73. The van der Waals surface area contributed by atoms with Crippen molar-refractivity contribution in [2.75, 3.05) is 13.2 Å². The van der Waals surface area contributed by atoms with Gasteiger partial charge < -0.3 is 10.1 Å². The standard InChI is InChI=1S/C14H31NO/c1-6-7-8-9-10-11-16-13(2)12-15-14(3,4)5/h13,15H,6-12H2,1-5H3. The first-order valence-corrected chi connectivity index (χ1v) is 6.82. The highest BCUT2D eigenvalue weighted by Gasteiger charge is 2.10. The van der Waals surface area contributed by atoms with E-state index in [1.165, 1.54) is 32.1 Å². The zero-order chi connectivity index (χ0) is 12.4. The molecule has 0 aliphatic rings. The molecule has 0 aromatic carbocycles. The van der Waals surface area contributed by atoms with E-state index < -0.39 is 0 Å². The summed E-state index contributed by atoms with van der Waals surface area (Å²) in [5.74, 6) is 0. The molecule has 0 amide bonds. The molecule has 0 fully saturated rings. The number of hydrogen-bond donors (Lipinski definition) is 1. The van der Waals surface area contributed by atoms with E-state index in [-0.39, 0.29) is 5.54 Å². The normalized spacial score (nSPS) is 14.1. The van der Waals surface area contributed by atoms with Gasteiger partial charge in [0.05, 0.1) is 6.10 Å². The quantitative estimate of drug-likeness (QED) is 0.608. The van der Waals surface area contributed by atoms with Gasteiger partial charge in [-0.2, -0.15) is 0 Å². The molecule has 98 valence electrons. The fraction of sp³-hybridized carbons (Fsp3) is 1.00. The van der Waals surface area contributed by atoms with Crippen LogP contribution in [-0.4, -0.2) is 24.8 Å². The molecule has 0 radical (unpaired) electrons. The average Bonchev–Trinajstić information content (AvgIpc) is 2.19.